The zero-order valence-corrected chi connectivity index (χ0v) is 22.2. The monoisotopic (exact) mass is 567 g/mol. The van der Waals surface area contributed by atoms with Gasteiger partial charge in [-0.2, -0.15) is 5.26 Å². The van der Waals surface area contributed by atoms with E-state index in [0.29, 0.717) is 37.9 Å². The molecule has 0 atom stereocenters. The largest absolute Gasteiger partial charge is 0.493 e. The average molecular weight is 569 g/mol. The van der Waals surface area contributed by atoms with Crippen molar-refractivity contribution in [3.8, 4) is 17.6 Å². The summed E-state index contributed by atoms with van der Waals surface area (Å²) in [7, 11) is 1.45. The van der Waals surface area contributed by atoms with Gasteiger partial charge < -0.3 is 20.1 Å². The number of hydrogen-bond donors (Lipinski definition) is 2. The molecule has 36 heavy (non-hydrogen) atoms. The maximum absolute atomic E-state index is 12.6. The Balaban J connectivity index is 1.75. The molecule has 0 unspecified atom stereocenters. The van der Waals surface area contributed by atoms with Crippen LogP contribution in [0.25, 0.3) is 6.08 Å². The average Bonchev–Trinajstić information content (AvgIpc) is 2.84. The summed E-state index contributed by atoms with van der Waals surface area (Å²) >= 11 is 9.50. The lowest BCUT2D eigenvalue weighted by Crippen LogP contribution is -2.21. The molecule has 7 nitrogen and oxygen atoms in total. The van der Waals surface area contributed by atoms with E-state index in [4.69, 9.17) is 21.1 Å². The van der Waals surface area contributed by atoms with Gasteiger partial charge in [0.25, 0.3) is 11.8 Å². The minimum atomic E-state index is -0.607. The Kier molecular flexibility index (Phi) is 9.12. The molecule has 3 aromatic rings. The van der Waals surface area contributed by atoms with Gasteiger partial charge in [0.15, 0.2) is 18.1 Å². The second kappa shape index (κ2) is 12.2. The lowest BCUT2D eigenvalue weighted by atomic mass is 10.1. The van der Waals surface area contributed by atoms with Crippen LogP contribution < -0.4 is 20.1 Å². The Morgan fingerprint density at radius 2 is 1.83 bits per heavy atom. The first-order valence-corrected chi connectivity index (χ1v) is 11.9. The number of rotatable bonds is 8. The molecule has 0 bridgehead atoms. The van der Waals surface area contributed by atoms with Gasteiger partial charge in [-0.1, -0.05) is 41.4 Å². The molecule has 0 saturated heterocycles. The third kappa shape index (κ3) is 6.87. The minimum Gasteiger partial charge on any atom is -0.493 e. The molecule has 3 aromatic carbocycles. The number of halogens is 2. The fourth-order valence-corrected chi connectivity index (χ4v) is 4.07. The van der Waals surface area contributed by atoms with Crippen molar-refractivity contribution < 1.29 is 19.1 Å². The third-order valence-electron chi connectivity index (χ3n) is 5.05. The lowest BCUT2D eigenvalue weighted by Gasteiger charge is -2.14. The minimum absolute atomic E-state index is 0.134. The number of aryl methyl sites for hydroxylation is 2. The summed E-state index contributed by atoms with van der Waals surface area (Å²) in [5.41, 5.74) is 3.53. The van der Waals surface area contributed by atoms with Crippen molar-refractivity contribution in [2.75, 3.05) is 24.4 Å². The number of nitrogens with one attached hydrogen (secondary N) is 2. The molecule has 0 aliphatic heterocycles. The summed E-state index contributed by atoms with van der Waals surface area (Å²) in [6.07, 6.45) is 1.41. The molecule has 0 aromatic heterocycles. The number of methoxy groups -OCH3 is 1. The number of para-hydroxylation sites is 1. The molecule has 0 aliphatic rings. The highest BCUT2D eigenvalue weighted by Gasteiger charge is 2.16. The molecule has 9 heteroatoms. The summed E-state index contributed by atoms with van der Waals surface area (Å²) < 4.78 is 11.6. The molecule has 0 aliphatic carbocycles. The molecular formula is C27H23BrClN3O4. The number of carbonyl (C=O) groups is 2. The van der Waals surface area contributed by atoms with Crippen LogP contribution in [-0.4, -0.2) is 25.5 Å². The zero-order chi connectivity index (χ0) is 26.2. The van der Waals surface area contributed by atoms with Crippen LogP contribution in [0.1, 0.15) is 16.7 Å². The molecule has 184 valence electrons. The van der Waals surface area contributed by atoms with E-state index in [1.54, 1.807) is 36.4 Å². The number of hydrogen-bond acceptors (Lipinski definition) is 5. The van der Waals surface area contributed by atoms with Gasteiger partial charge in [0.1, 0.15) is 11.6 Å². The summed E-state index contributed by atoms with van der Waals surface area (Å²) in [5.74, 6) is -0.310. The molecule has 0 heterocycles. The zero-order valence-electron chi connectivity index (χ0n) is 19.8. The summed E-state index contributed by atoms with van der Waals surface area (Å²) in [6, 6.07) is 17.6. The second-order valence-electron chi connectivity index (χ2n) is 7.79. The number of amides is 2. The predicted molar refractivity (Wildman–Crippen MR) is 144 cm³/mol. The van der Waals surface area contributed by atoms with Gasteiger partial charge in [0.05, 0.1) is 22.3 Å². The number of ether oxygens (including phenoxy) is 2. The third-order valence-corrected chi connectivity index (χ3v) is 5.97. The molecule has 2 N–H and O–H groups in total. The van der Waals surface area contributed by atoms with Gasteiger partial charge in [-0.05, 0) is 77.3 Å². The van der Waals surface area contributed by atoms with E-state index < -0.39 is 5.91 Å². The Hall–Kier alpha value is -3.80. The fraction of sp³-hybridized carbons (Fsp3) is 0.148. The van der Waals surface area contributed by atoms with Crippen LogP contribution in [0.5, 0.6) is 11.5 Å². The van der Waals surface area contributed by atoms with E-state index in [2.05, 4.69) is 26.6 Å². The second-order valence-corrected chi connectivity index (χ2v) is 9.05. The SMILES string of the molecule is COc1cc(/C=C(\C#N)C(=O)Nc2ccccc2Cl)cc(Br)c1OCC(=O)Nc1ccc(C)cc1C. The van der Waals surface area contributed by atoms with Crippen molar-refractivity contribution in [3.05, 3.63) is 86.4 Å². The van der Waals surface area contributed by atoms with Crippen LogP contribution in [0.2, 0.25) is 5.02 Å². The van der Waals surface area contributed by atoms with Gasteiger partial charge in [-0.3, -0.25) is 9.59 Å². The van der Waals surface area contributed by atoms with E-state index in [0.717, 1.165) is 11.1 Å². The van der Waals surface area contributed by atoms with Crippen LogP contribution in [0, 0.1) is 25.2 Å². The number of carbonyl (C=O) groups excluding carboxylic acids is 2. The van der Waals surface area contributed by atoms with Gasteiger partial charge in [-0.25, -0.2) is 0 Å². The van der Waals surface area contributed by atoms with Crippen LogP contribution in [0.3, 0.4) is 0 Å². The Morgan fingerprint density at radius 3 is 2.50 bits per heavy atom. The van der Waals surface area contributed by atoms with Gasteiger partial charge in [0.2, 0.25) is 0 Å². The van der Waals surface area contributed by atoms with Crippen molar-refractivity contribution >= 4 is 56.8 Å². The van der Waals surface area contributed by atoms with E-state index in [9.17, 15) is 14.9 Å². The number of nitriles is 1. The summed E-state index contributed by atoms with van der Waals surface area (Å²) in [5, 5.41) is 15.3. The maximum Gasteiger partial charge on any atom is 0.266 e. The number of nitrogens with zero attached hydrogens (tertiary/aromatic N) is 1. The van der Waals surface area contributed by atoms with E-state index >= 15 is 0 Å². The first-order valence-electron chi connectivity index (χ1n) is 10.8. The highest BCUT2D eigenvalue weighted by Crippen LogP contribution is 2.37. The smallest absolute Gasteiger partial charge is 0.266 e. The molecule has 0 saturated carbocycles. The topological polar surface area (TPSA) is 100 Å². The first-order chi connectivity index (χ1) is 17.2. The number of benzene rings is 3. The molecule has 0 fully saturated rings. The van der Waals surface area contributed by atoms with Crippen molar-refractivity contribution in [1.29, 1.82) is 5.26 Å². The fourth-order valence-electron chi connectivity index (χ4n) is 3.31. The Bertz CT molecular complexity index is 1380. The quantitative estimate of drug-likeness (QED) is 0.246. The van der Waals surface area contributed by atoms with Crippen LogP contribution in [0.15, 0.2) is 64.6 Å². The highest BCUT2D eigenvalue weighted by molar-refractivity contribution is 9.10. The van der Waals surface area contributed by atoms with E-state index in [-0.39, 0.29) is 18.1 Å². The van der Waals surface area contributed by atoms with Crippen molar-refractivity contribution in [2.45, 2.75) is 13.8 Å². The van der Waals surface area contributed by atoms with Crippen molar-refractivity contribution in [3.63, 3.8) is 0 Å². The Morgan fingerprint density at radius 1 is 1.08 bits per heavy atom. The summed E-state index contributed by atoms with van der Waals surface area (Å²) in [4.78, 5) is 25.0. The first kappa shape index (κ1) is 26.8. The molecule has 0 spiro atoms. The molecule has 0 radical (unpaired) electrons. The Labute approximate surface area is 222 Å². The van der Waals surface area contributed by atoms with Crippen LogP contribution in [-0.2, 0) is 9.59 Å². The highest BCUT2D eigenvalue weighted by atomic mass is 79.9. The van der Waals surface area contributed by atoms with Gasteiger partial charge in [0, 0.05) is 5.69 Å². The van der Waals surface area contributed by atoms with Crippen LogP contribution in [0.4, 0.5) is 11.4 Å². The van der Waals surface area contributed by atoms with E-state index in [1.807, 2.05) is 38.1 Å². The molecule has 3 rings (SSSR count). The standard InChI is InChI=1S/C27H23BrClN3O4/c1-16-8-9-22(17(2)10-16)31-25(33)15-36-26-20(28)12-18(13-24(26)35-3)11-19(14-30)27(34)32-23-7-5-4-6-21(23)29/h4-13H,15H2,1-3H3,(H,31,33)(H,32,34)/b19-11+. The van der Waals surface area contributed by atoms with Gasteiger partial charge in [-0.15, -0.1) is 0 Å². The van der Waals surface area contributed by atoms with Crippen LogP contribution >= 0.6 is 27.5 Å². The predicted octanol–water partition coefficient (Wildman–Crippen LogP) is 6.29. The molecular weight excluding hydrogens is 546 g/mol. The van der Waals surface area contributed by atoms with E-state index in [1.165, 1.54) is 13.2 Å². The van der Waals surface area contributed by atoms with Crippen molar-refractivity contribution in [1.82, 2.24) is 0 Å². The lowest BCUT2D eigenvalue weighted by molar-refractivity contribution is -0.118. The molecule has 2 amide bonds. The summed E-state index contributed by atoms with van der Waals surface area (Å²) in [6.45, 7) is 3.65. The normalized spacial score (nSPS) is 10.8. The number of anilines is 2. The van der Waals surface area contributed by atoms with Crippen molar-refractivity contribution in [2.24, 2.45) is 0 Å². The maximum atomic E-state index is 12.6. The van der Waals surface area contributed by atoms with Gasteiger partial charge >= 0.3 is 0 Å².